The minimum Gasteiger partial charge on any atom is -0.353 e. The van der Waals surface area contributed by atoms with Gasteiger partial charge in [0, 0.05) is 18.2 Å². The number of carbonyl (C=O) groups is 2. The third kappa shape index (κ3) is 4.23. The van der Waals surface area contributed by atoms with Gasteiger partial charge in [0.15, 0.2) is 0 Å². The van der Waals surface area contributed by atoms with Gasteiger partial charge in [-0.25, -0.2) is 0 Å². The fourth-order valence-electron chi connectivity index (χ4n) is 3.97. The van der Waals surface area contributed by atoms with Crippen molar-refractivity contribution in [2.75, 3.05) is 5.32 Å². The fourth-order valence-corrected chi connectivity index (χ4v) is 3.97. The first-order chi connectivity index (χ1) is 12.0. The first kappa shape index (κ1) is 18.0. The zero-order chi connectivity index (χ0) is 17.9. The van der Waals surface area contributed by atoms with Crippen LogP contribution in [-0.2, 0) is 16.0 Å². The van der Waals surface area contributed by atoms with Crippen LogP contribution in [0.25, 0.3) is 0 Å². The molecule has 4 nitrogen and oxygen atoms in total. The van der Waals surface area contributed by atoms with E-state index in [2.05, 4.69) is 23.6 Å². The number of hydrogen-bond acceptors (Lipinski definition) is 2. The van der Waals surface area contributed by atoms with Crippen LogP contribution in [0.4, 0.5) is 5.69 Å². The summed E-state index contributed by atoms with van der Waals surface area (Å²) >= 11 is 0. The number of rotatable bonds is 6. The van der Waals surface area contributed by atoms with Gasteiger partial charge >= 0.3 is 0 Å². The summed E-state index contributed by atoms with van der Waals surface area (Å²) in [5.41, 5.74) is 2.62. The van der Waals surface area contributed by atoms with Gasteiger partial charge in [-0.2, -0.15) is 0 Å². The van der Waals surface area contributed by atoms with E-state index >= 15 is 0 Å². The Kier molecular flexibility index (Phi) is 5.45. The molecule has 2 aliphatic carbocycles. The van der Waals surface area contributed by atoms with Crippen LogP contribution in [0.1, 0.15) is 69.4 Å². The summed E-state index contributed by atoms with van der Waals surface area (Å²) in [5, 5.41) is 6.26. The lowest BCUT2D eigenvalue weighted by molar-refractivity contribution is -0.134. The van der Waals surface area contributed by atoms with E-state index in [0.29, 0.717) is 12.5 Å². The molecule has 2 amide bonds. The topological polar surface area (TPSA) is 58.2 Å². The van der Waals surface area contributed by atoms with Gasteiger partial charge in [-0.1, -0.05) is 44.4 Å². The predicted octanol–water partition coefficient (Wildman–Crippen LogP) is 4.12. The van der Waals surface area contributed by atoms with Crippen molar-refractivity contribution in [3.63, 3.8) is 0 Å². The molecule has 0 atom stereocenters. The monoisotopic (exact) mass is 342 g/mol. The first-order valence-corrected chi connectivity index (χ1v) is 9.73. The van der Waals surface area contributed by atoms with Crippen LogP contribution < -0.4 is 10.6 Å². The van der Waals surface area contributed by atoms with E-state index in [1.807, 2.05) is 19.1 Å². The maximum atomic E-state index is 13.3. The number of carbonyl (C=O) groups excluding carboxylic acids is 2. The zero-order valence-electron chi connectivity index (χ0n) is 15.5. The summed E-state index contributed by atoms with van der Waals surface area (Å²) in [5.74, 6) is 0.0715. The maximum Gasteiger partial charge on any atom is 0.231 e. The molecule has 3 rings (SSSR count). The van der Waals surface area contributed by atoms with Crippen LogP contribution >= 0.6 is 0 Å². The van der Waals surface area contributed by atoms with Gasteiger partial charge < -0.3 is 10.6 Å². The maximum absolute atomic E-state index is 13.3. The van der Waals surface area contributed by atoms with E-state index in [1.165, 1.54) is 0 Å². The molecule has 1 aromatic carbocycles. The summed E-state index contributed by atoms with van der Waals surface area (Å²) < 4.78 is 0. The van der Waals surface area contributed by atoms with Crippen molar-refractivity contribution in [3.8, 4) is 0 Å². The molecule has 0 saturated heterocycles. The van der Waals surface area contributed by atoms with Crippen molar-refractivity contribution in [2.45, 2.75) is 77.7 Å². The lowest BCUT2D eigenvalue weighted by Gasteiger charge is -2.35. The molecule has 0 unspecified atom stereocenters. The second-order valence-electron chi connectivity index (χ2n) is 7.78. The highest BCUT2D eigenvalue weighted by molar-refractivity contribution is 5.99. The molecular formula is C21H30N2O2. The molecule has 136 valence electrons. The van der Waals surface area contributed by atoms with Crippen molar-refractivity contribution in [2.24, 2.45) is 5.41 Å². The number of para-hydroxylation sites is 1. The average molecular weight is 342 g/mol. The third-order valence-electron chi connectivity index (χ3n) is 5.71. The van der Waals surface area contributed by atoms with E-state index in [0.717, 1.165) is 68.2 Å². The van der Waals surface area contributed by atoms with Crippen LogP contribution in [0.15, 0.2) is 18.2 Å². The highest BCUT2D eigenvalue weighted by Gasteiger charge is 2.42. The molecule has 2 fully saturated rings. The Balaban J connectivity index is 1.78. The molecule has 0 spiro atoms. The van der Waals surface area contributed by atoms with E-state index < -0.39 is 5.41 Å². The van der Waals surface area contributed by atoms with Crippen LogP contribution in [-0.4, -0.2) is 17.9 Å². The summed E-state index contributed by atoms with van der Waals surface area (Å²) in [7, 11) is 0. The van der Waals surface area contributed by atoms with Crippen LogP contribution in [0.3, 0.4) is 0 Å². The highest BCUT2D eigenvalue weighted by atomic mass is 16.2. The van der Waals surface area contributed by atoms with Gasteiger partial charge in [-0.15, -0.1) is 0 Å². The fraction of sp³-hybridized carbons (Fsp3) is 0.619. The lowest BCUT2D eigenvalue weighted by Crippen LogP contribution is -2.43. The third-order valence-corrected chi connectivity index (χ3v) is 5.71. The second-order valence-corrected chi connectivity index (χ2v) is 7.78. The van der Waals surface area contributed by atoms with Gasteiger partial charge in [0.1, 0.15) is 0 Å². The van der Waals surface area contributed by atoms with Crippen molar-refractivity contribution in [1.82, 2.24) is 5.32 Å². The normalized spacial score (nSPS) is 19.3. The molecular weight excluding hydrogens is 312 g/mol. The molecule has 4 heteroatoms. The molecule has 0 heterocycles. The first-order valence-electron chi connectivity index (χ1n) is 9.73. The van der Waals surface area contributed by atoms with Crippen LogP contribution in [0.5, 0.6) is 0 Å². The van der Waals surface area contributed by atoms with Gasteiger partial charge in [0.05, 0.1) is 5.41 Å². The minimum atomic E-state index is -0.551. The number of aryl methyl sites for hydroxylation is 2. The molecule has 2 saturated carbocycles. The Morgan fingerprint density at radius 3 is 2.52 bits per heavy atom. The van der Waals surface area contributed by atoms with Gasteiger partial charge in [-0.05, 0) is 50.2 Å². The van der Waals surface area contributed by atoms with Gasteiger partial charge in [0.25, 0.3) is 0 Å². The number of nitrogens with one attached hydrogen (secondary N) is 2. The van der Waals surface area contributed by atoms with E-state index in [4.69, 9.17) is 0 Å². The summed E-state index contributed by atoms with van der Waals surface area (Å²) in [6.45, 7) is 4.13. The molecule has 25 heavy (non-hydrogen) atoms. The second kappa shape index (κ2) is 7.59. The van der Waals surface area contributed by atoms with Crippen molar-refractivity contribution < 1.29 is 9.59 Å². The summed E-state index contributed by atoms with van der Waals surface area (Å²) in [4.78, 5) is 25.7. The van der Waals surface area contributed by atoms with Crippen molar-refractivity contribution in [3.05, 3.63) is 29.3 Å². The Morgan fingerprint density at radius 2 is 1.88 bits per heavy atom. The molecule has 1 aromatic rings. The molecule has 0 bridgehead atoms. The average Bonchev–Trinajstić information content (AvgIpc) is 3.41. The Labute approximate surface area is 150 Å². The summed E-state index contributed by atoms with van der Waals surface area (Å²) in [6, 6.07) is 6.47. The Hall–Kier alpha value is -1.84. The number of hydrogen-bond donors (Lipinski definition) is 2. The number of amides is 2. The van der Waals surface area contributed by atoms with Crippen molar-refractivity contribution >= 4 is 17.5 Å². The lowest BCUT2D eigenvalue weighted by atomic mass is 9.70. The SMILES string of the molecule is CCc1cccc(C)c1NC(=O)C1(CC(=O)NC2CC2)CCCCC1. The minimum absolute atomic E-state index is 0.0298. The van der Waals surface area contributed by atoms with E-state index in [1.54, 1.807) is 0 Å². The quantitative estimate of drug-likeness (QED) is 0.817. The van der Waals surface area contributed by atoms with Crippen LogP contribution in [0.2, 0.25) is 0 Å². The predicted molar refractivity (Wildman–Crippen MR) is 100 cm³/mol. The van der Waals surface area contributed by atoms with E-state index in [9.17, 15) is 9.59 Å². The van der Waals surface area contributed by atoms with E-state index in [-0.39, 0.29) is 11.8 Å². The molecule has 2 N–H and O–H groups in total. The molecule has 0 radical (unpaired) electrons. The van der Waals surface area contributed by atoms with Gasteiger partial charge in [0.2, 0.25) is 11.8 Å². The van der Waals surface area contributed by atoms with Crippen molar-refractivity contribution in [1.29, 1.82) is 0 Å². The standard InChI is InChI=1S/C21H30N2O2/c1-3-16-9-7-8-15(2)19(16)23-20(25)21(12-5-4-6-13-21)14-18(24)22-17-10-11-17/h7-9,17H,3-6,10-14H2,1-2H3,(H,22,24)(H,23,25). The number of anilines is 1. The smallest absolute Gasteiger partial charge is 0.231 e. The Morgan fingerprint density at radius 1 is 1.16 bits per heavy atom. The molecule has 0 aromatic heterocycles. The summed E-state index contributed by atoms with van der Waals surface area (Å²) in [6.07, 6.45) is 8.19. The Bertz CT molecular complexity index is 643. The van der Waals surface area contributed by atoms with Gasteiger partial charge in [-0.3, -0.25) is 9.59 Å². The molecule has 2 aliphatic rings. The van der Waals surface area contributed by atoms with Crippen LogP contribution in [0, 0.1) is 12.3 Å². The molecule has 0 aliphatic heterocycles. The largest absolute Gasteiger partial charge is 0.353 e. The highest BCUT2D eigenvalue weighted by Crippen LogP contribution is 2.41. The number of benzene rings is 1. The zero-order valence-corrected chi connectivity index (χ0v) is 15.5.